The number of carbonyl (C=O) groups is 1. The third-order valence-corrected chi connectivity index (χ3v) is 4.47. The Hall–Kier alpha value is -2.33. The maximum Gasteiger partial charge on any atom is 0.351 e. The van der Waals surface area contributed by atoms with E-state index in [4.69, 9.17) is 9.84 Å². The molecule has 1 aliphatic rings. The second kappa shape index (κ2) is 6.65. The van der Waals surface area contributed by atoms with E-state index in [1.807, 2.05) is 0 Å². The molecular formula is C15H15N3O5S. The van der Waals surface area contributed by atoms with E-state index in [0.717, 1.165) is 4.57 Å². The van der Waals surface area contributed by atoms with Crippen molar-refractivity contribution in [2.75, 3.05) is 11.9 Å². The molecule has 0 radical (unpaired) electrons. The number of anilines is 1. The van der Waals surface area contributed by atoms with E-state index in [0.29, 0.717) is 4.88 Å². The largest absolute Gasteiger partial charge is 0.394 e. The standard InChI is InChI=1S/C15H15N3O5S/c1-8-12(20)9(7-19)23-14(8)18-5-4-11(17-15(18)22)16-13(21)10-3-2-6-24-10/h2-6,9,12,14,19-20H,1,7H2,(H,16,17,21,22)/t9-,12+,14-/m1/s1. The lowest BCUT2D eigenvalue weighted by molar-refractivity contribution is -0.0447. The number of hydrogen-bond acceptors (Lipinski definition) is 7. The molecular weight excluding hydrogens is 334 g/mol. The second-order valence-electron chi connectivity index (χ2n) is 5.16. The van der Waals surface area contributed by atoms with Crippen molar-refractivity contribution in [1.82, 2.24) is 9.55 Å². The molecule has 0 spiro atoms. The number of rotatable bonds is 4. The van der Waals surface area contributed by atoms with E-state index in [9.17, 15) is 14.7 Å². The van der Waals surface area contributed by atoms with Gasteiger partial charge < -0.3 is 20.3 Å². The Morgan fingerprint density at radius 2 is 2.29 bits per heavy atom. The topological polar surface area (TPSA) is 114 Å². The molecule has 3 heterocycles. The third-order valence-electron chi connectivity index (χ3n) is 3.60. The number of hydrogen-bond donors (Lipinski definition) is 3. The van der Waals surface area contributed by atoms with E-state index >= 15 is 0 Å². The minimum absolute atomic E-state index is 0.109. The number of carbonyl (C=O) groups excluding carboxylic acids is 1. The third kappa shape index (κ3) is 3.02. The molecule has 0 unspecified atom stereocenters. The average Bonchev–Trinajstić information content (AvgIpc) is 3.18. The minimum atomic E-state index is -1.06. The number of ether oxygens (including phenoxy) is 1. The number of aliphatic hydroxyl groups is 2. The van der Waals surface area contributed by atoms with Gasteiger partial charge in [-0.1, -0.05) is 12.6 Å². The van der Waals surface area contributed by atoms with Crippen molar-refractivity contribution in [3.63, 3.8) is 0 Å². The quantitative estimate of drug-likeness (QED) is 0.687. The molecule has 3 N–H and O–H groups in total. The van der Waals surface area contributed by atoms with Crippen LogP contribution in [0.2, 0.25) is 0 Å². The molecule has 3 atom stereocenters. The molecule has 0 aliphatic carbocycles. The highest BCUT2D eigenvalue weighted by molar-refractivity contribution is 7.12. The van der Waals surface area contributed by atoms with E-state index < -0.39 is 30.7 Å². The molecule has 9 heteroatoms. The lowest BCUT2D eigenvalue weighted by Gasteiger charge is -2.15. The number of nitrogens with one attached hydrogen (secondary N) is 1. The van der Waals surface area contributed by atoms with Gasteiger partial charge in [0.1, 0.15) is 18.0 Å². The first-order chi connectivity index (χ1) is 11.5. The molecule has 8 nitrogen and oxygen atoms in total. The van der Waals surface area contributed by atoms with Gasteiger partial charge in [0.25, 0.3) is 5.91 Å². The van der Waals surface area contributed by atoms with E-state index in [1.54, 1.807) is 17.5 Å². The Balaban J connectivity index is 1.79. The van der Waals surface area contributed by atoms with Crippen molar-refractivity contribution in [1.29, 1.82) is 0 Å². The highest BCUT2D eigenvalue weighted by Crippen LogP contribution is 2.31. The van der Waals surface area contributed by atoms with Crippen LogP contribution in [0.25, 0.3) is 0 Å². The Bertz CT molecular complexity index is 817. The van der Waals surface area contributed by atoms with Crippen molar-refractivity contribution in [3.8, 4) is 0 Å². The van der Waals surface area contributed by atoms with Gasteiger partial charge in [-0.2, -0.15) is 4.98 Å². The highest BCUT2D eigenvalue weighted by atomic mass is 32.1. The van der Waals surface area contributed by atoms with Crippen LogP contribution >= 0.6 is 11.3 Å². The maximum atomic E-state index is 12.2. The van der Waals surface area contributed by atoms with Gasteiger partial charge >= 0.3 is 5.69 Å². The van der Waals surface area contributed by atoms with Crippen molar-refractivity contribution in [2.45, 2.75) is 18.4 Å². The van der Waals surface area contributed by atoms with Crippen molar-refractivity contribution >= 4 is 23.1 Å². The summed E-state index contributed by atoms with van der Waals surface area (Å²) < 4.78 is 6.56. The fraction of sp³-hybridized carbons (Fsp3) is 0.267. The van der Waals surface area contributed by atoms with Crippen LogP contribution in [0.5, 0.6) is 0 Å². The molecule has 1 amide bonds. The van der Waals surface area contributed by atoms with Crippen molar-refractivity contribution < 1.29 is 19.7 Å². The molecule has 0 bridgehead atoms. The average molecular weight is 349 g/mol. The smallest absolute Gasteiger partial charge is 0.351 e. The van der Waals surface area contributed by atoms with E-state index in [-0.39, 0.29) is 17.3 Å². The van der Waals surface area contributed by atoms with Crippen LogP contribution in [0.15, 0.2) is 46.7 Å². The summed E-state index contributed by atoms with van der Waals surface area (Å²) >= 11 is 1.28. The summed E-state index contributed by atoms with van der Waals surface area (Å²) in [6.07, 6.45) is -1.43. The molecule has 2 aromatic rings. The Morgan fingerprint density at radius 1 is 1.50 bits per heavy atom. The SMILES string of the molecule is C=C1[C@H](n2ccc(NC(=O)c3cccs3)nc2=O)O[C@H](CO)[C@H]1O. The molecule has 126 valence electrons. The van der Waals surface area contributed by atoms with Crippen molar-refractivity contribution in [3.05, 3.63) is 57.3 Å². The maximum absolute atomic E-state index is 12.2. The number of amides is 1. The summed E-state index contributed by atoms with van der Waals surface area (Å²) in [5.74, 6) is -0.246. The first-order valence-electron chi connectivity index (χ1n) is 7.08. The summed E-state index contributed by atoms with van der Waals surface area (Å²) in [7, 11) is 0. The van der Waals surface area contributed by atoms with Crippen LogP contribution in [-0.2, 0) is 4.74 Å². The summed E-state index contributed by atoms with van der Waals surface area (Å²) in [6.45, 7) is 3.30. The van der Waals surface area contributed by atoms with Crippen LogP contribution < -0.4 is 11.0 Å². The Morgan fingerprint density at radius 3 is 2.88 bits per heavy atom. The summed E-state index contributed by atoms with van der Waals surface area (Å²) in [4.78, 5) is 28.4. The van der Waals surface area contributed by atoms with Gasteiger partial charge in [0.2, 0.25) is 0 Å². The first-order valence-corrected chi connectivity index (χ1v) is 7.96. The van der Waals surface area contributed by atoms with Gasteiger partial charge in [-0.25, -0.2) is 4.79 Å². The zero-order chi connectivity index (χ0) is 17.3. The van der Waals surface area contributed by atoms with Crippen LogP contribution in [-0.4, -0.2) is 44.5 Å². The number of aliphatic hydroxyl groups excluding tert-OH is 2. The predicted octanol–water partition coefficient (Wildman–Crippen LogP) is 0.364. The summed E-state index contributed by atoms with van der Waals surface area (Å²) in [5.41, 5.74) is -0.413. The predicted molar refractivity (Wildman–Crippen MR) is 86.9 cm³/mol. The summed E-state index contributed by atoms with van der Waals surface area (Å²) in [6, 6.07) is 4.85. The molecule has 2 aromatic heterocycles. The van der Waals surface area contributed by atoms with Gasteiger partial charge in [-0.3, -0.25) is 9.36 Å². The highest BCUT2D eigenvalue weighted by Gasteiger charge is 2.38. The number of aromatic nitrogens is 2. The molecule has 1 aliphatic heterocycles. The lowest BCUT2D eigenvalue weighted by atomic mass is 10.1. The summed E-state index contributed by atoms with van der Waals surface area (Å²) in [5, 5.41) is 23.3. The first kappa shape index (κ1) is 16.5. The van der Waals surface area contributed by atoms with Gasteiger partial charge in [-0.05, 0) is 17.5 Å². The van der Waals surface area contributed by atoms with Crippen LogP contribution in [0.4, 0.5) is 5.82 Å². The second-order valence-corrected chi connectivity index (χ2v) is 6.11. The molecule has 0 aromatic carbocycles. The normalized spacial score (nSPS) is 23.4. The number of nitrogens with zero attached hydrogens (tertiary/aromatic N) is 2. The Labute approximate surface area is 140 Å². The number of thiophene rings is 1. The minimum Gasteiger partial charge on any atom is -0.394 e. The van der Waals surface area contributed by atoms with E-state index in [1.165, 1.54) is 23.6 Å². The lowest BCUT2D eigenvalue weighted by Crippen LogP contribution is -2.29. The van der Waals surface area contributed by atoms with Gasteiger partial charge in [0.15, 0.2) is 6.23 Å². The van der Waals surface area contributed by atoms with Crippen LogP contribution in [0.3, 0.4) is 0 Å². The van der Waals surface area contributed by atoms with Gasteiger partial charge in [0, 0.05) is 11.8 Å². The molecule has 1 saturated heterocycles. The van der Waals surface area contributed by atoms with Crippen molar-refractivity contribution in [2.24, 2.45) is 0 Å². The molecule has 3 rings (SSSR count). The van der Waals surface area contributed by atoms with Gasteiger partial charge in [0.05, 0.1) is 11.5 Å². The van der Waals surface area contributed by atoms with Crippen LogP contribution in [0.1, 0.15) is 15.9 Å². The zero-order valence-electron chi connectivity index (χ0n) is 12.5. The molecule has 0 saturated carbocycles. The molecule has 24 heavy (non-hydrogen) atoms. The molecule has 1 fully saturated rings. The van der Waals surface area contributed by atoms with Crippen LogP contribution in [0, 0.1) is 0 Å². The Kier molecular flexibility index (Phi) is 4.58. The fourth-order valence-corrected chi connectivity index (χ4v) is 2.96. The van der Waals surface area contributed by atoms with Gasteiger partial charge in [-0.15, -0.1) is 11.3 Å². The van der Waals surface area contributed by atoms with E-state index in [2.05, 4.69) is 16.9 Å². The monoisotopic (exact) mass is 349 g/mol. The zero-order valence-corrected chi connectivity index (χ0v) is 13.3. The fourth-order valence-electron chi connectivity index (χ4n) is 2.35.